The van der Waals surface area contributed by atoms with E-state index < -0.39 is 5.97 Å². The Labute approximate surface area is 74.2 Å². The normalized spacial score (nSPS) is 9.62. The molecule has 1 heterocycles. The average Bonchev–Trinajstić information content (AvgIpc) is 2.15. The van der Waals surface area contributed by atoms with Crippen molar-refractivity contribution in [2.24, 2.45) is 0 Å². The van der Waals surface area contributed by atoms with Crippen LogP contribution in [0.4, 0.5) is 5.82 Å². The van der Waals surface area contributed by atoms with Gasteiger partial charge in [0.2, 0.25) is 0 Å². The zero-order valence-corrected chi connectivity index (χ0v) is 6.77. The summed E-state index contributed by atoms with van der Waals surface area (Å²) < 4.78 is 0. The van der Waals surface area contributed by atoms with Crippen LogP contribution in [0.15, 0.2) is 12.1 Å². The molecule has 1 aromatic rings. The minimum absolute atomic E-state index is 0.0115. The molecule has 13 heavy (non-hydrogen) atoms. The van der Waals surface area contributed by atoms with Crippen LogP contribution >= 0.6 is 0 Å². The number of aromatic carboxylic acids is 1. The number of aromatic nitrogens is 2. The van der Waals surface area contributed by atoms with E-state index in [4.69, 9.17) is 10.2 Å². The Morgan fingerprint density at radius 1 is 1.46 bits per heavy atom. The monoisotopic (exact) mass is 183 g/mol. The molecule has 0 amide bonds. The summed E-state index contributed by atoms with van der Waals surface area (Å²) >= 11 is 0. The number of carboxylic acids is 1. The molecule has 0 radical (unpaired) electrons. The summed E-state index contributed by atoms with van der Waals surface area (Å²) in [7, 11) is 0. The molecule has 6 nitrogen and oxygen atoms in total. The molecule has 0 saturated carbocycles. The lowest BCUT2D eigenvalue weighted by molar-refractivity contribution is 0.0689. The van der Waals surface area contributed by atoms with E-state index in [1.807, 2.05) is 0 Å². The highest BCUT2D eigenvalue weighted by atomic mass is 16.4. The van der Waals surface area contributed by atoms with Crippen molar-refractivity contribution in [2.45, 2.75) is 0 Å². The van der Waals surface area contributed by atoms with Crippen molar-refractivity contribution in [1.82, 2.24) is 10.2 Å². The second-order valence-electron chi connectivity index (χ2n) is 2.26. The molecule has 0 unspecified atom stereocenters. The van der Waals surface area contributed by atoms with E-state index in [1.54, 1.807) is 0 Å². The summed E-state index contributed by atoms with van der Waals surface area (Å²) in [6, 6.07) is 2.83. The number of carboxylic acid groups (broad SMARTS) is 1. The van der Waals surface area contributed by atoms with Crippen molar-refractivity contribution in [3.05, 3.63) is 17.8 Å². The highest BCUT2D eigenvalue weighted by Gasteiger charge is 2.03. The third kappa shape index (κ3) is 2.68. The van der Waals surface area contributed by atoms with Gasteiger partial charge in [-0.05, 0) is 12.1 Å². The van der Waals surface area contributed by atoms with Gasteiger partial charge in [0.25, 0.3) is 0 Å². The number of anilines is 1. The molecule has 0 aliphatic carbocycles. The summed E-state index contributed by atoms with van der Waals surface area (Å²) in [6.45, 7) is 0.351. The smallest absolute Gasteiger partial charge is 0.356 e. The summed E-state index contributed by atoms with van der Waals surface area (Å²) in [6.07, 6.45) is 0. The van der Waals surface area contributed by atoms with Crippen LogP contribution in [0.3, 0.4) is 0 Å². The number of carbonyl (C=O) groups is 1. The first kappa shape index (κ1) is 9.40. The fourth-order valence-corrected chi connectivity index (χ4v) is 0.725. The van der Waals surface area contributed by atoms with E-state index in [9.17, 15) is 4.79 Å². The lowest BCUT2D eigenvalue weighted by atomic mass is 10.4. The molecule has 6 heteroatoms. The maximum Gasteiger partial charge on any atom is 0.356 e. The second-order valence-corrected chi connectivity index (χ2v) is 2.26. The Kier molecular flexibility index (Phi) is 3.15. The molecule has 0 atom stereocenters. The lowest BCUT2D eigenvalue weighted by Gasteiger charge is -2.01. The highest BCUT2D eigenvalue weighted by molar-refractivity contribution is 5.85. The largest absolute Gasteiger partial charge is 0.476 e. The Balaban J connectivity index is 2.64. The first-order valence-electron chi connectivity index (χ1n) is 3.66. The van der Waals surface area contributed by atoms with Crippen molar-refractivity contribution >= 4 is 11.8 Å². The molecule has 0 aliphatic rings. The Morgan fingerprint density at radius 2 is 2.23 bits per heavy atom. The summed E-state index contributed by atoms with van der Waals surface area (Å²) in [5.41, 5.74) is -0.102. The third-order valence-corrected chi connectivity index (χ3v) is 1.30. The number of nitrogens with zero attached hydrogens (tertiary/aromatic N) is 2. The average molecular weight is 183 g/mol. The van der Waals surface area contributed by atoms with E-state index in [2.05, 4.69) is 15.5 Å². The third-order valence-electron chi connectivity index (χ3n) is 1.30. The molecule has 0 spiro atoms. The first-order valence-corrected chi connectivity index (χ1v) is 3.66. The van der Waals surface area contributed by atoms with E-state index >= 15 is 0 Å². The minimum Gasteiger partial charge on any atom is -0.476 e. The van der Waals surface area contributed by atoms with E-state index in [0.29, 0.717) is 12.4 Å². The number of hydrogen-bond acceptors (Lipinski definition) is 5. The Bertz CT molecular complexity index is 286. The number of aliphatic hydroxyl groups is 1. The SMILES string of the molecule is O=C(O)c1ccc(NCCO)nn1. The molecular weight excluding hydrogens is 174 g/mol. The molecule has 0 bridgehead atoms. The van der Waals surface area contributed by atoms with Gasteiger partial charge in [0.15, 0.2) is 5.69 Å². The zero-order chi connectivity index (χ0) is 9.68. The first-order chi connectivity index (χ1) is 6.24. The van der Waals surface area contributed by atoms with Crippen LogP contribution in [0.1, 0.15) is 10.5 Å². The molecule has 70 valence electrons. The zero-order valence-electron chi connectivity index (χ0n) is 6.77. The molecule has 0 aliphatic heterocycles. The Hall–Kier alpha value is -1.69. The highest BCUT2D eigenvalue weighted by Crippen LogP contribution is 2.00. The molecule has 0 saturated heterocycles. The molecule has 0 aromatic carbocycles. The maximum atomic E-state index is 10.4. The van der Waals surface area contributed by atoms with Crippen molar-refractivity contribution in [1.29, 1.82) is 0 Å². The fourth-order valence-electron chi connectivity index (χ4n) is 0.725. The Morgan fingerprint density at radius 3 is 2.69 bits per heavy atom. The quantitative estimate of drug-likeness (QED) is 0.586. The summed E-state index contributed by atoms with van der Waals surface area (Å²) in [5, 5.41) is 26.7. The van der Waals surface area contributed by atoms with Crippen LogP contribution in [0.5, 0.6) is 0 Å². The van der Waals surface area contributed by atoms with Crippen molar-refractivity contribution in [3.8, 4) is 0 Å². The standard InChI is InChI=1S/C7H9N3O3/c11-4-3-8-6-2-1-5(7(12)13)9-10-6/h1-2,11H,3-4H2,(H,8,10)(H,12,13). The van der Waals surface area contributed by atoms with Gasteiger partial charge in [-0.2, -0.15) is 0 Å². The van der Waals surface area contributed by atoms with Crippen LogP contribution in [0.2, 0.25) is 0 Å². The number of rotatable bonds is 4. The number of hydrogen-bond donors (Lipinski definition) is 3. The predicted octanol–water partition coefficient (Wildman–Crippen LogP) is -0.421. The van der Waals surface area contributed by atoms with Crippen LogP contribution in [0.25, 0.3) is 0 Å². The van der Waals surface area contributed by atoms with Gasteiger partial charge in [0.1, 0.15) is 5.82 Å². The molecule has 0 fully saturated rings. The topological polar surface area (TPSA) is 95.3 Å². The van der Waals surface area contributed by atoms with Gasteiger partial charge in [0, 0.05) is 6.54 Å². The fraction of sp³-hybridized carbons (Fsp3) is 0.286. The summed E-state index contributed by atoms with van der Waals surface area (Å²) in [5.74, 6) is -0.666. The second kappa shape index (κ2) is 4.36. The predicted molar refractivity (Wildman–Crippen MR) is 44.6 cm³/mol. The van der Waals surface area contributed by atoms with E-state index in [-0.39, 0.29) is 12.3 Å². The van der Waals surface area contributed by atoms with Crippen LogP contribution in [0, 0.1) is 0 Å². The summed E-state index contributed by atoms with van der Waals surface area (Å²) in [4.78, 5) is 10.4. The van der Waals surface area contributed by atoms with E-state index in [0.717, 1.165) is 0 Å². The number of aliphatic hydroxyl groups excluding tert-OH is 1. The van der Waals surface area contributed by atoms with Crippen molar-refractivity contribution in [2.75, 3.05) is 18.5 Å². The molecular formula is C7H9N3O3. The molecule has 1 rings (SSSR count). The van der Waals surface area contributed by atoms with Gasteiger partial charge in [-0.25, -0.2) is 4.79 Å². The van der Waals surface area contributed by atoms with Crippen LogP contribution in [-0.2, 0) is 0 Å². The minimum atomic E-state index is -1.11. The van der Waals surface area contributed by atoms with Gasteiger partial charge in [-0.15, -0.1) is 10.2 Å². The van der Waals surface area contributed by atoms with Gasteiger partial charge in [0.05, 0.1) is 6.61 Å². The van der Waals surface area contributed by atoms with Gasteiger partial charge >= 0.3 is 5.97 Å². The lowest BCUT2D eigenvalue weighted by Crippen LogP contribution is -2.09. The van der Waals surface area contributed by atoms with Gasteiger partial charge in [-0.1, -0.05) is 0 Å². The van der Waals surface area contributed by atoms with E-state index in [1.165, 1.54) is 12.1 Å². The van der Waals surface area contributed by atoms with Crippen molar-refractivity contribution < 1.29 is 15.0 Å². The van der Waals surface area contributed by atoms with Gasteiger partial charge in [-0.3, -0.25) is 0 Å². The molecule has 1 aromatic heterocycles. The van der Waals surface area contributed by atoms with Crippen molar-refractivity contribution in [3.63, 3.8) is 0 Å². The van der Waals surface area contributed by atoms with Crippen LogP contribution in [-0.4, -0.2) is 39.5 Å². The van der Waals surface area contributed by atoms with Gasteiger partial charge < -0.3 is 15.5 Å². The van der Waals surface area contributed by atoms with Crippen LogP contribution < -0.4 is 5.32 Å². The number of nitrogens with one attached hydrogen (secondary N) is 1. The molecule has 3 N–H and O–H groups in total. The maximum absolute atomic E-state index is 10.4.